The van der Waals surface area contributed by atoms with E-state index in [2.05, 4.69) is 27.7 Å². The van der Waals surface area contributed by atoms with Crippen LogP contribution in [0.15, 0.2) is 0 Å². The van der Waals surface area contributed by atoms with Crippen LogP contribution in [0, 0.1) is 11.8 Å². The largest absolute Gasteiger partial charge is 0.381 e. The molecule has 0 spiro atoms. The lowest BCUT2D eigenvalue weighted by Crippen LogP contribution is -2.32. The summed E-state index contributed by atoms with van der Waals surface area (Å²) in [5.74, 6) is 1.64. The van der Waals surface area contributed by atoms with Gasteiger partial charge < -0.3 is 4.74 Å². The first kappa shape index (κ1) is 18.0. The molecule has 0 N–H and O–H groups in total. The van der Waals surface area contributed by atoms with Crippen molar-refractivity contribution in [3.63, 3.8) is 0 Å². The number of methoxy groups -OCH3 is 1. The molecule has 2 atom stereocenters. The van der Waals surface area contributed by atoms with Crippen molar-refractivity contribution in [1.82, 2.24) is 0 Å². The van der Waals surface area contributed by atoms with Crippen molar-refractivity contribution < 1.29 is 4.74 Å². The Balaban J connectivity index is 0.000000873. The lowest BCUT2D eigenvalue weighted by molar-refractivity contribution is -0.0110. The topological polar surface area (TPSA) is 9.23 Å². The van der Waals surface area contributed by atoms with Crippen molar-refractivity contribution in [3.05, 3.63) is 0 Å². The molecule has 1 saturated carbocycles. The molecule has 0 aromatic heterocycles. The molecule has 1 aliphatic rings. The third-order valence-corrected chi connectivity index (χ3v) is 4.04. The zero-order valence-corrected chi connectivity index (χ0v) is 13.5. The molecule has 0 saturated heterocycles. The Morgan fingerprint density at radius 2 is 1.56 bits per heavy atom. The fraction of sp³-hybridized carbons (Fsp3) is 1.00. The molecule has 1 nitrogen and oxygen atoms in total. The second-order valence-corrected chi connectivity index (χ2v) is 5.76. The van der Waals surface area contributed by atoms with Crippen LogP contribution in [0.2, 0.25) is 0 Å². The van der Waals surface area contributed by atoms with Crippen molar-refractivity contribution in [1.29, 1.82) is 0 Å². The number of hydrogen-bond acceptors (Lipinski definition) is 1. The highest BCUT2D eigenvalue weighted by molar-refractivity contribution is 4.79. The Morgan fingerprint density at radius 1 is 1.00 bits per heavy atom. The first-order chi connectivity index (χ1) is 8.74. The molecule has 0 radical (unpaired) electrons. The summed E-state index contributed by atoms with van der Waals surface area (Å²) in [6, 6.07) is 0. The summed E-state index contributed by atoms with van der Waals surface area (Å²) in [6.07, 6.45) is 12.8. The van der Waals surface area contributed by atoms with Gasteiger partial charge >= 0.3 is 0 Å². The smallest absolute Gasteiger partial charge is 0.0627 e. The summed E-state index contributed by atoms with van der Waals surface area (Å²) in [7, 11) is 1.91. The molecule has 0 aromatic carbocycles. The summed E-state index contributed by atoms with van der Waals surface area (Å²) in [5.41, 5.74) is 0. The molecule has 0 aromatic rings. The van der Waals surface area contributed by atoms with E-state index in [0.717, 1.165) is 11.8 Å². The molecular formula is C17H36O. The normalized spacial score (nSPS) is 19.8. The van der Waals surface area contributed by atoms with Gasteiger partial charge in [0.15, 0.2) is 0 Å². The highest BCUT2D eigenvalue weighted by atomic mass is 16.5. The van der Waals surface area contributed by atoms with Crippen LogP contribution in [0.4, 0.5) is 0 Å². The molecule has 1 heteroatoms. The van der Waals surface area contributed by atoms with Gasteiger partial charge in [-0.05, 0) is 31.1 Å². The van der Waals surface area contributed by atoms with Crippen LogP contribution in [0.25, 0.3) is 0 Å². The van der Waals surface area contributed by atoms with Crippen LogP contribution in [-0.4, -0.2) is 13.2 Å². The van der Waals surface area contributed by atoms with Gasteiger partial charge in [0.1, 0.15) is 0 Å². The van der Waals surface area contributed by atoms with Gasteiger partial charge in [0.25, 0.3) is 0 Å². The van der Waals surface area contributed by atoms with Gasteiger partial charge in [-0.1, -0.05) is 66.2 Å². The van der Waals surface area contributed by atoms with Crippen LogP contribution < -0.4 is 0 Å². The van der Waals surface area contributed by atoms with Crippen molar-refractivity contribution in [2.24, 2.45) is 11.8 Å². The van der Waals surface area contributed by atoms with Gasteiger partial charge in [0.05, 0.1) is 6.10 Å². The predicted molar refractivity (Wildman–Crippen MR) is 82.0 cm³/mol. The molecule has 0 bridgehead atoms. The van der Waals surface area contributed by atoms with E-state index < -0.39 is 0 Å². The zero-order valence-electron chi connectivity index (χ0n) is 13.5. The van der Waals surface area contributed by atoms with Gasteiger partial charge in [-0.3, -0.25) is 0 Å². The molecule has 0 heterocycles. The van der Waals surface area contributed by atoms with Crippen LogP contribution in [0.1, 0.15) is 85.5 Å². The summed E-state index contributed by atoms with van der Waals surface area (Å²) in [6.45, 7) is 8.85. The summed E-state index contributed by atoms with van der Waals surface area (Å²) >= 11 is 0. The third kappa shape index (κ3) is 6.78. The standard InChI is InChI=1S/C14H28O.C3H8/c1-4-9-12(5-2)14(15-3)13-10-7-6-8-11-13;1-3-2/h12-14H,4-11H2,1-3H3;3H2,1-2H3. The van der Waals surface area contributed by atoms with Crippen LogP contribution >= 0.6 is 0 Å². The second-order valence-electron chi connectivity index (χ2n) is 5.76. The molecule has 1 fully saturated rings. The SMILES string of the molecule is CCC.CCCC(CC)C(OC)C1CCCCC1. The van der Waals surface area contributed by atoms with E-state index >= 15 is 0 Å². The number of rotatable bonds is 6. The summed E-state index contributed by atoms with van der Waals surface area (Å²) in [5, 5.41) is 0. The Labute approximate surface area is 116 Å². The Kier molecular flexibility index (Phi) is 12.0. The van der Waals surface area contributed by atoms with Gasteiger partial charge in [-0.2, -0.15) is 0 Å². The Morgan fingerprint density at radius 3 is 1.94 bits per heavy atom. The van der Waals surface area contributed by atoms with E-state index in [1.807, 2.05) is 7.11 Å². The fourth-order valence-corrected chi connectivity index (χ4v) is 3.20. The van der Waals surface area contributed by atoms with E-state index in [9.17, 15) is 0 Å². The molecule has 0 aliphatic heterocycles. The maximum Gasteiger partial charge on any atom is 0.0627 e. The fourth-order valence-electron chi connectivity index (χ4n) is 3.20. The number of hydrogen-bond donors (Lipinski definition) is 0. The molecule has 110 valence electrons. The van der Waals surface area contributed by atoms with Crippen molar-refractivity contribution >= 4 is 0 Å². The second kappa shape index (κ2) is 12.0. The lowest BCUT2D eigenvalue weighted by Gasteiger charge is -2.34. The Bertz CT molecular complexity index is 156. The highest BCUT2D eigenvalue weighted by Crippen LogP contribution is 2.33. The van der Waals surface area contributed by atoms with Crippen LogP contribution in [0.5, 0.6) is 0 Å². The van der Waals surface area contributed by atoms with Crippen LogP contribution in [-0.2, 0) is 4.74 Å². The third-order valence-electron chi connectivity index (χ3n) is 4.04. The summed E-state index contributed by atoms with van der Waals surface area (Å²) < 4.78 is 5.80. The highest BCUT2D eigenvalue weighted by Gasteiger charge is 2.28. The predicted octanol–water partition coefficient (Wildman–Crippen LogP) is 5.82. The maximum atomic E-state index is 5.80. The van der Waals surface area contributed by atoms with Crippen molar-refractivity contribution in [3.8, 4) is 0 Å². The summed E-state index contributed by atoms with van der Waals surface area (Å²) in [4.78, 5) is 0. The lowest BCUT2D eigenvalue weighted by atomic mass is 9.78. The van der Waals surface area contributed by atoms with Crippen molar-refractivity contribution in [2.75, 3.05) is 7.11 Å². The van der Waals surface area contributed by atoms with Gasteiger partial charge in [0, 0.05) is 7.11 Å². The molecule has 1 rings (SSSR count). The van der Waals surface area contributed by atoms with Gasteiger partial charge in [0.2, 0.25) is 0 Å². The van der Waals surface area contributed by atoms with E-state index in [4.69, 9.17) is 4.74 Å². The van der Waals surface area contributed by atoms with Crippen molar-refractivity contribution in [2.45, 2.75) is 91.6 Å². The molecular weight excluding hydrogens is 220 g/mol. The molecule has 2 unspecified atom stereocenters. The molecule has 0 amide bonds. The average Bonchev–Trinajstić information content (AvgIpc) is 2.40. The minimum Gasteiger partial charge on any atom is -0.381 e. The van der Waals surface area contributed by atoms with Crippen LogP contribution in [0.3, 0.4) is 0 Å². The van der Waals surface area contributed by atoms with E-state index in [1.54, 1.807) is 0 Å². The number of ether oxygens (including phenoxy) is 1. The monoisotopic (exact) mass is 256 g/mol. The van der Waals surface area contributed by atoms with Gasteiger partial charge in [-0.25, -0.2) is 0 Å². The van der Waals surface area contributed by atoms with E-state index in [1.165, 1.54) is 57.8 Å². The maximum absolute atomic E-state index is 5.80. The zero-order chi connectivity index (χ0) is 13.8. The van der Waals surface area contributed by atoms with Gasteiger partial charge in [-0.15, -0.1) is 0 Å². The minimum atomic E-state index is 0.537. The minimum absolute atomic E-state index is 0.537. The van der Waals surface area contributed by atoms with E-state index in [-0.39, 0.29) is 0 Å². The first-order valence-electron chi connectivity index (χ1n) is 8.27. The van der Waals surface area contributed by atoms with E-state index in [0.29, 0.717) is 6.10 Å². The first-order valence-corrected chi connectivity index (χ1v) is 8.27. The molecule has 18 heavy (non-hydrogen) atoms. The average molecular weight is 256 g/mol. The Hall–Kier alpha value is -0.0400. The quantitative estimate of drug-likeness (QED) is 0.581. The molecule has 1 aliphatic carbocycles.